The minimum absolute atomic E-state index is 0.000751. The fourth-order valence-electron chi connectivity index (χ4n) is 11.6. The van der Waals surface area contributed by atoms with E-state index in [2.05, 4.69) is 59.6 Å². The standard InChI is InChI=1S/C37H40N4O6S.C37H38N4O6S/c2*1-25-8-7-11-31(24-25)41-48(46,47)33-13-6-5-12-32(33)39-37(45)40-35(28-16-14-27(15-17-28)26-9-3-2-4-10-26)29-18-20-30(21-19-29)36(44)38-23-22-34(42)43/h5-8,11-21,24,26,35,41H,2-4,9-10,22-23H2,1H3,(H,38,44)(H,42,43)(H2,39,40,45);5-9,11-21,24,35,41H,2-4,10,22-23H2,1H3,(H,38,44)(H,42,43)(H2,39,40,45). The van der Waals surface area contributed by atoms with Crippen molar-refractivity contribution in [2.75, 3.05) is 33.2 Å². The summed E-state index contributed by atoms with van der Waals surface area (Å²) in [6.07, 6.45) is 12.3. The predicted molar refractivity (Wildman–Crippen MR) is 372 cm³/mol. The van der Waals surface area contributed by atoms with E-state index in [0.717, 1.165) is 59.9 Å². The lowest BCUT2D eigenvalue weighted by atomic mass is 9.83. The highest BCUT2D eigenvalue weighted by Crippen LogP contribution is 2.35. The van der Waals surface area contributed by atoms with Gasteiger partial charge in [-0.05, 0) is 181 Å². The van der Waals surface area contributed by atoms with Crippen LogP contribution in [0.5, 0.6) is 0 Å². The highest BCUT2D eigenvalue weighted by Gasteiger charge is 2.26. The van der Waals surface area contributed by atoms with E-state index < -0.39 is 67.9 Å². The quantitative estimate of drug-likeness (QED) is 0.0270. The Morgan fingerprint density at radius 3 is 1.29 bits per heavy atom. The second-order valence-electron chi connectivity index (χ2n) is 23.6. The molecule has 0 aromatic heterocycles. The van der Waals surface area contributed by atoms with E-state index in [1.54, 1.807) is 109 Å². The average molecular weight is 1340 g/mol. The molecule has 2 atom stereocenters. The number of carboxylic acid groups (broad SMARTS) is 2. The van der Waals surface area contributed by atoms with E-state index in [1.165, 1.54) is 61.1 Å². The van der Waals surface area contributed by atoms with E-state index in [-0.39, 0.29) is 47.1 Å². The van der Waals surface area contributed by atoms with E-state index >= 15 is 0 Å². The first-order chi connectivity index (χ1) is 46.2. The lowest BCUT2D eigenvalue weighted by Crippen LogP contribution is -2.34. The molecule has 1 saturated carbocycles. The van der Waals surface area contributed by atoms with E-state index in [4.69, 9.17) is 10.2 Å². The van der Waals surface area contributed by atoms with Gasteiger partial charge in [-0.25, -0.2) is 26.4 Å². The van der Waals surface area contributed by atoms with Gasteiger partial charge in [-0.1, -0.05) is 147 Å². The van der Waals surface area contributed by atoms with Crippen LogP contribution in [0.1, 0.15) is 154 Å². The number of aryl methyl sites for hydroxylation is 2. The zero-order chi connectivity index (χ0) is 68.2. The second kappa shape index (κ2) is 33.0. The van der Waals surface area contributed by atoms with Gasteiger partial charge in [-0.3, -0.25) is 28.6 Å². The summed E-state index contributed by atoms with van der Waals surface area (Å²) in [7, 11) is -8.09. The minimum Gasteiger partial charge on any atom is -0.481 e. The molecule has 0 aliphatic heterocycles. The van der Waals surface area contributed by atoms with Crippen molar-refractivity contribution in [3.8, 4) is 0 Å². The van der Waals surface area contributed by atoms with E-state index in [1.807, 2.05) is 62.4 Å². The monoisotopic (exact) mass is 1330 g/mol. The molecule has 10 rings (SSSR count). The number of sulfonamides is 2. The highest BCUT2D eigenvalue weighted by atomic mass is 32.2. The Balaban J connectivity index is 0.000000225. The van der Waals surface area contributed by atoms with Crippen molar-refractivity contribution in [1.82, 2.24) is 21.3 Å². The van der Waals surface area contributed by atoms with Crippen LogP contribution in [0.25, 0.3) is 5.57 Å². The van der Waals surface area contributed by atoms with Gasteiger partial charge in [-0.15, -0.1) is 0 Å². The number of allylic oxidation sites excluding steroid dienone is 2. The Hall–Kier alpha value is -10.6. The Kier molecular flexibility index (Phi) is 24.0. The summed E-state index contributed by atoms with van der Waals surface area (Å²) in [5.74, 6) is -2.32. The van der Waals surface area contributed by atoms with Gasteiger partial charge in [0.15, 0.2) is 0 Å². The molecule has 8 aromatic rings. The number of hydrogen-bond acceptors (Lipinski definition) is 10. The number of rotatable bonds is 24. The molecular formula is C74H78N8O12S2. The van der Waals surface area contributed by atoms with Gasteiger partial charge in [0.1, 0.15) is 9.79 Å². The van der Waals surface area contributed by atoms with Crippen molar-refractivity contribution >= 4 is 84.2 Å². The van der Waals surface area contributed by atoms with Gasteiger partial charge in [-0.2, -0.15) is 0 Å². The third-order valence-electron chi connectivity index (χ3n) is 16.5. The molecule has 10 N–H and O–H groups in total. The van der Waals surface area contributed by atoms with Crippen molar-refractivity contribution in [2.45, 2.75) is 112 Å². The molecule has 498 valence electrons. The molecular weight excluding hydrogens is 1260 g/mol. The molecule has 6 amide bonds. The first kappa shape index (κ1) is 69.8. The summed E-state index contributed by atoms with van der Waals surface area (Å²) in [5.41, 5.74) is 10.1. The molecule has 0 radical (unpaired) electrons. The van der Waals surface area contributed by atoms with Crippen molar-refractivity contribution in [3.05, 3.63) is 256 Å². The molecule has 0 saturated heterocycles. The normalized spacial score (nSPS) is 13.8. The molecule has 1 fully saturated rings. The zero-order valence-corrected chi connectivity index (χ0v) is 54.9. The van der Waals surface area contributed by atoms with Crippen LogP contribution in [0, 0.1) is 13.8 Å². The number of amides is 6. The number of aliphatic carboxylic acids is 2. The van der Waals surface area contributed by atoms with E-state index in [0.29, 0.717) is 39.5 Å². The largest absolute Gasteiger partial charge is 0.481 e. The van der Waals surface area contributed by atoms with Crippen molar-refractivity contribution in [1.29, 1.82) is 0 Å². The molecule has 8 aromatic carbocycles. The Bertz CT molecular complexity index is 4330. The number of anilines is 4. The SMILES string of the molecule is Cc1cccc(NS(=O)(=O)c2ccccc2NC(=O)NC(c2ccc(C(=O)NCCC(=O)O)cc2)c2ccc(C3=CCCCC3)cc2)c1.Cc1cccc(NS(=O)(=O)c2ccccc2NC(=O)NC(c2ccc(C(=O)NCCC(=O)O)cc2)c2ccc(C3CCCCC3)cc2)c1. The molecule has 96 heavy (non-hydrogen) atoms. The van der Waals surface area contributed by atoms with Crippen molar-refractivity contribution in [3.63, 3.8) is 0 Å². The number of para-hydroxylation sites is 2. The smallest absolute Gasteiger partial charge is 0.320 e. The van der Waals surface area contributed by atoms with Crippen LogP contribution in [-0.2, 0) is 29.6 Å². The fourth-order valence-corrected chi connectivity index (χ4v) is 14.0. The molecule has 20 nitrogen and oxygen atoms in total. The topological polar surface area (TPSA) is 307 Å². The third-order valence-corrected chi connectivity index (χ3v) is 19.3. The number of carboxylic acids is 2. The van der Waals surface area contributed by atoms with Gasteiger partial charge < -0.3 is 42.1 Å². The molecule has 0 heterocycles. The average Bonchev–Trinajstić information content (AvgIpc) is 0.826. The number of hydrogen-bond donors (Lipinski definition) is 10. The van der Waals surface area contributed by atoms with Gasteiger partial charge in [0, 0.05) is 35.6 Å². The summed E-state index contributed by atoms with van der Waals surface area (Å²) in [5, 5.41) is 34.3. The Morgan fingerprint density at radius 2 is 0.885 bits per heavy atom. The summed E-state index contributed by atoms with van der Waals surface area (Å²) < 4.78 is 58.7. The summed E-state index contributed by atoms with van der Waals surface area (Å²) >= 11 is 0. The van der Waals surface area contributed by atoms with Crippen LogP contribution in [-0.4, -0.2) is 76.0 Å². The van der Waals surface area contributed by atoms with Crippen LogP contribution in [0.4, 0.5) is 32.3 Å². The first-order valence-electron chi connectivity index (χ1n) is 31.8. The maximum absolute atomic E-state index is 13.6. The van der Waals surface area contributed by atoms with Gasteiger partial charge in [0.2, 0.25) is 0 Å². The third kappa shape index (κ3) is 19.7. The summed E-state index contributed by atoms with van der Waals surface area (Å²) in [6, 6.07) is 53.3. The number of carbonyl (C=O) groups excluding carboxylic acids is 4. The lowest BCUT2D eigenvalue weighted by Gasteiger charge is -2.24. The summed E-state index contributed by atoms with van der Waals surface area (Å²) in [4.78, 5) is 73.7. The van der Waals surface area contributed by atoms with Crippen LogP contribution >= 0.6 is 0 Å². The molecule has 0 spiro atoms. The molecule has 2 aliphatic rings. The van der Waals surface area contributed by atoms with Crippen LogP contribution in [0.3, 0.4) is 0 Å². The van der Waals surface area contributed by atoms with Crippen LogP contribution in [0.15, 0.2) is 210 Å². The first-order valence-corrected chi connectivity index (χ1v) is 34.8. The molecule has 2 unspecified atom stereocenters. The molecule has 2 aliphatic carbocycles. The van der Waals surface area contributed by atoms with E-state index in [9.17, 15) is 45.6 Å². The van der Waals surface area contributed by atoms with Gasteiger partial charge >= 0.3 is 24.0 Å². The highest BCUT2D eigenvalue weighted by molar-refractivity contribution is 7.93. The number of carbonyl (C=O) groups is 6. The Morgan fingerprint density at radius 1 is 0.469 bits per heavy atom. The minimum atomic E-state index is -4.05. The number of nitrogens with one attached hydrogen (secondary N) is 8. The number of benzene rings is 8. The predicted octanol–water partition coefficient (Wildman–Crippen LogP) is 13.8. The van der Waals surface area contributed by atoms with Crippen molar-refractivity contribution in [2.24, 2.45) is 0 Å². The number of urea groups is 2. The maximum atomic E-state index is 13.6. The second-order valence-corrected chi connectivity index (χ2v) is 26.9. The molecule has 22 heteroatoms. The van der Waals surface area contributed by atoms with Gasteiger partial charge in [0.25, 0.3) is 31.9 Å². The van der Waals surface area contributed by atoms with Gasteiger partial charge in [0.05, 0.1) is 36.3 Å². The van der Waals surface area contributed by atoms with Crippen LogP contribution in [0.2, 0.25) is 0 Å². The lowest BCUT2D eigenvalue weighted by molar-refractivity contribution is -0.137. The zero-order valence-electron chi connectivity index (χ0n) is 53.3. The Labute approximate surface area is 559 Å². The van der Waals surface area contributed by atoms with Crippen LogP contribution < -0.4 is 41.3 Å². The maximum Gasteiger partial charge on any atom is 0.320 e. The fraction of sp³-hybridized carbons (Fsp3) is 0.243. The molecule has 0 bridgehead atoms. The van der Waals surface area contributed by atoms with Crippen molar-refractivity contribution < 1.29 is 55.8 Å². The summed E-state index contributed by atoms with van der Waals surface area (Å²) in [6.45, 7) is 3.73.